The predicted octanol–water partition coefficient (Wildman–Crippen LogP) is 3.95. The van der Waals surface area contributed by atoms with E-state index in [1.54, 1.807) is 34.5 Å². The lowest BCUT2D eigenvalue weighted by atomic mass is 10.1. The van der Waals surface area contributed by atoms with Crippen LogP contribution in [0.3, 0.4) is 0 Å². The van der Waals surface area contributed by atoms with Crippen molar-refractivity contribution in [1.82, 2.24) is 9.78 Å². The zero-order valence-corrected chi connectivity index (χ0v) is 18.3. The zero-order chi connectivity index (χ0) is 21.2. The van der Waals surface area contributed by atoms with E-state index in [1.165, 1.54) is 23.5 Å². The molecule has 0 atom stereocenters. The van der Waals surface area contributed by atoms with Crippen LogP contribution in [0.5, 0.6) is 0 Å². The summed E-state index contributed by atoms with van der Waals surface area (Å²) >= 11 is 1.18. The molecule has 154 valence electrons. The van der Waals surface area contributed by atoms with E-state index >= 15 is 0 Å². The van der Waals surface area contributed by atoms with Crippen LogP contribution in [0.25, 0.3) is 11.1 Å². The van der Waals surface area contributed by atoms with Crippen LogP contribution in [0.1, 0.15) is 30.4 Å². The highest BCUT2D eigenvalue weighted by atomic mass is 32.2. The molecule has 1 aromatic carbocycles. The summed E-state index contributed by atoms with van der Waals surface area (Å²) in [5.74, 6) is -0.264. The van der Waals surface area contributed by atoms with Crippen LogP contribution in [-0.4, -0.2) is 36.2 Å². The van der Waals surface area contributed by atoms with E-state index in [-0.39, 0.29) is 23.0 Å². The Hall–Kier alpha value is -2.49. The van der Waals surface area contributed by atoms with Gasteiger partial charge in [-0.25, -0.2) is 8.42 Å². The summed E-state index contributed by atoms with van der Waals surface area (Å²) in [4.78, 5) is 12.9. The molecule has 0 spiro atoms. The van der Waals surface area contributed by atoms with Gasteiger partial charge in [-0.2, -0.15) is 5.10 Å². The third-order valence-electron chi connectivity index (χ3n) is 4.00. The Labute approximate surface area is 174 Å². The average molecular weight is 434 g/mol. The average Bonchev–Trinajstić information content (AvgIpc) is 3.28. The summed E-state index contributed by atoms with van der Waals surface area (Å²) in [6.45, 7) is 5.45. The van der Waals surface area contributed by atoms with Gasteiger partial charge in [0.1, 0.15) is 6.61 Å². The number of thiophene rings is 1. The molecule has 0 saturated carbocycles. The summed E-state index contributed by atoms with van der Waals surface area (Å²) in [6, 6.07) is 8.09. The standard InChI is InChI=1S/C20H23N3O4S2/c1-20(2,3)27-13-18(24)19-17(9-10-28-19)22-29(25,26)16-7-5-14(6-8-16)15-11-21-23(4)12-15/h5-12,22H,13H2,1-4H3. The molecule has 0 bridgehead atoms. The first-order chi connectivity index (χ1) is 13.5. The first kappa shape index (κ1) is 21.2. The van der Waals surface area contributed by atoms with E-state index in [1.807, 2.05) is 34.0 Å². The number of anilines is 1. The Balaban J connectivity index is 1.76. The van der Waals surface area contributed by atoms with Gasteiger partial charge in [0.25, 0.3) is 10.0 Å². The maximum absolute atomic E-state index is 12.8. The number of aromatic nitrogens is 2. The highest BCUT2D eigenvalue weighted by Crippen LogP contribution is 2.27. The molecule has 0 aliphatic rings. The van der Waals surface area contributed by atoms with Crippen molar-refractivity contribution in [3.8, 4) is 11.1 Å². The lowest BCUT2D eigenvalue weighted by Gasteiger charge is -2.18. The maximum atomic E-state index is 12.8. The van der Waals surface area contributed by atoms with E-state index < -0.39 is 15.6 Å². The molecule has 1 N–H and O–H groups in total. The number of carbonyl (C=O) groups is 1. The summed E-state index contributed by atoms with van der Waals surface area (Å²) in [6.07, 6.45) is 3.56. The third kappa shape index (κ3) is 5.31. The Morgan fingerprint density at radius 2 is 1.86 bits per heavy atom. The summed E-state index contributed by atoms with van der Waals surface area (Å²) in [5.41, 5.74) is 1.56. The van der Waals surface area contributed by atoms with Crippen LogP contribution in [0, 0.1) is 0 Å². The van der Waals surface area contributed by atoms with E-state index in [0.717, 1.165) is 11.1 Å². The molecule has 0 unspecified atom stereocenters. The number of nitrogens with zero attached hydrogens (tertiary/aromatic N) is 2. The lowest BCUT2D eigenvalue weighted by molar-refractivity contribution is 0.00326. The van der Waals surface area contributed by atoms with E-state index in [2.05, 4.69) is 9.82 Å². The molecule has 2 aromatic heterocycles. The van der Waals surface area contributed by atoms with Crippen LogP contribution in [-0.2, 0) is 21.8 Å². The molecule has 0 aliphatic heterocycles. The van der Waals surface area contributed by atoms with Gasteiger partial charge in [-0.05, 0) is 49.9 Å². The van der Waals surface area contributed by atoms with Gasteiger partial charge in [0.2, 0.25) is 5.78 Å². The van der Waals surface area contributed by atoms with Crippen molar-refractivity contribution < 1.29 is 17.9 Å². The van der Waals surface area contributed by atoms with E-state index in [9.17, 15) is 13.2 Å². The number of nitrogens with one attached hydrogen (secondary N) is 1. The van der Waals surface area contributed by atoms with Gasteiger partial charge in [0.05, 0.1) is 27.3 Å². The molecular formula is C20H23N3O4S2. The van der Waals surface area contributed by atoms with Crippen molar-refractivity contribution in [2.24, 2.45) is 7.05 Å². The second-order valence-electron chi connectivity index (χ2n) is 7.52. The first-order valence-corrected chi connectivity index (χ1v) is 11.3. The molecule has 7 nitrogen and oxygen atoms in total. The van der Waals surface area contributed by atoms with Crippen molar-refractivity contribution >= 4 is 32.8 Å². The molecule has 0 aliphatic carbocycles. The fourth-order valence-electron chi connectivity index (χ4n) is 2.55. The minimum atomic E-state index is -3.83. The molecule has 0 saturated heterocycles. The molecule has 0 radical (unpaired) electrons. The van der Waals surface area contributed by atoms with E-state index in [4.69, 9.17) is 4.74 Å². The molecule has 2 heterocycles. The Morgan fingerprint density at radius 1 is 1.17 bits per heavy atom. The SMILES string of the molecule is Cn1cc(-c2ccc(S(=O)(=O)Nc3ccsc3C(=O)COC(C)(C)C)cc2)cn1. The van der Waals surface area contributed by atoms with Crippen LogP contribution >= 0.6 is 11.3 Å². The summed E-state index contributed by atoms with van der Waals surface area (Å²) in [7, 11) is -2.02. The van der Waals surface area contributed by atoms with E-state index in [0.29, 0.717) is 4.88 Å². The Kier molecular flexibility index (Phi) is 5.92. The number of benzene rings is 1. The van der Waals surface area contributed by atoms with Crippen molar-refractivity contribution in [3.05, 3.63) is 53.0 Å². The Morgan fingerprint density at radius 3 is 2.45 bits per heavy atom. The predicted molar refractivity (Wildman–Crippen MR) is 114 cm³/mol. The normalized spacial score (nSPS) is 12.1. The number of Topliss-reactive ketones (excluding diaryl/α,β-unsaturated/α-hetero) is 1. The zero-order valence-electron chi connectivity index (χ0n) is 16.7. The smallest absolute Gasteiger partial charge is 0.261 e. The number of ketones is 1. The second-order valence-corrected chi connectivity index (χ2v) is 10.1. The topological polar surface area (TPSA) is 90.3 Å². The van der Waals surface area contributed by atoms with Crippen LogP contribution in [0.15, 0.2) is 53.0 Å². The number of hydrogen-bond acceptors (Lipinski definition) is 6. The van der Waals surface area contributed by atoms with Crippen LogP contribution in [0.2, 0.25) is 0 Å². The monoisotopic (exact) mass is 433 g/mol. The van der Waals surface area contributed by atoms with Crippen molar-refractivity contribution in [2.45, 2.75) is 31.3 Å². The molecule has 0 amide bonds. The minimum absolute atomic E-state index is 0.112. The molecule has 3 aromatic rings. The van der Waals surface area contributed by atoms with Gasteiger partial charge in [-0.3, -0.25) is 14.2 Å². The van der Waals surface area contributed by atoms with Crippen LogP contribution in [0.4, 0.5) is 5.69 Å². The maximum Gasteiger partial charge on any atom is 0.261 e. The lowest BCUT2D eigenvalue weighted by Crippen LogP contribution is -2.24. The quantitative estimate of drug-likeness (QED) is 0.570. The fraction of sp³-hybridized carbons (Fsp3) is 0.300. The van der Waals surface area contributed by atoms with Crippen molar-refractivity contribution in [3.63, 3.8) is 0 Å². The fourth-order valence-corrected chi connectivity index (χ4v) is 4.47. The van der Waals surface area contributed by atoms with Gasteiger partial charge in [-0.15, -0.1) is 11.3 Å². The largest absolute Gasteiger partial charge is 0.368 e. The highest BCUT2D eigenvalue weighted by molar-refractivity contribution is 7.92. The van der Waals surface area contributed by atoms with Crippen molar-refractivity contribution in [2.75, 3.05) is 11.3 Å². The molecular weight excluding hydrogens is 410 g/mol. The molecule has 9 heteroatoms. The summed E-state index contributed by atoms with van der Waals surface area (Å²) < 4.78 is 35.3. The number of carbonyl (C=O) groups excluding carboxylic acids is 1. The molecule has 3 rings (SSSR count). The molecule has 29 heavy (non-hydrogen) atoms. The van der Waals surface area contributed by atoms with Gasteiger partial charge >= 0.3 is 0 Å². The first-order valence-electron chi connectivity index (χ1n) is 8.92. The number of aryl methyl sites for hydroxylation is 1. The molecule has 0 fully saturated rings. The second kappa shape index (κ2) is 8.10. The Bertz CT molecular complexity index is 1110. The van der Waals surface area contributed by atoms with Gasteiger partial charge in [0, 0.05) is 18.8 Å². The van der Waals surface area contributed by atoms with Gasteiger partial charge in [0.15, 0.2) is 0 Å². The summed E-state index contributed by atoms with van der Waals surface area (Å²) in [5, 5.41) is 5.79. The highest BCUT2D eigenvalue weighted by Gasteiger charge is 2.22. The number of ether oxygens (including phenoxy) is 1. The number of sulfonamides is 1. The van der Waals surface area contributed by atoms with Crippen molar-refractivity contribution in [1.29, 1.82) is 0 Å². The van der Waals surface area contributed by atoms with Gasteiger partial charge < -0.3 is 4.74 Å². The number of rotatable bonds is 7. The number of hydrogen-bond donors (Lipinski definition) is 1. The minimum Gasteiger partial charge on any atom is -0.368 e. The third-order valence-corrected chi connectivity index (χ3v) is 6.34. The van der Waals surface area contributed by atoms with Gasteiger partial charge in [-0.1, -0.05) is 12.1 Å². The van der Waals surface area contributed by atoms with Crippen LogP contribution < -0.4 is 4.72 Å².